The van der Waals surface area contributed by atoms with Crippen LogP contribution in [-0.2, 0) is 0 Å². The zero-order valence-electron chi connectivity index (χ0n) is 16.9. The number of benzene rings is 2. The SMILES string of the molecule is Cc1nc(Nc2ccc(NC(=O)c3ccc(F)cc3)cc2)cc(N2CCCCC2)n1. The van der Waals surface area contributed by atoms with Crippen LogP contribution in [0.5, 0.6) is 0 Å². The monoisotopic (exact) mass is 405 g/mol. The summed E-state index contributed by atoms with van der Waals surface area (Å²) in [5, 5.41) is 6.12. The Morgan fingerprint density at radius 3 is 2.30 bits per heavy atom. The summed E-state index contributed by atoms with van der Waals surface area (Å²) in [6, 6.07) is 14.8. The second-order valence-electron chi connectivity index (χ2n) is 7.37. The summed E-state index contributed by atoms with van der Waals surface area (Å²) in [4.78, 5) is 23.6. The van der Waals surface area contributed by atoms with E-state index in [-0.39, 0.29) is 11.7 Å². The quantitative estimate of drug-likeness (QED) is 0.631. The van der Waals surface area contributed by atoms with Crippen molar-refractivity contribution in [2.75, 3.05) is 28.6 Å². The molecule has 2 aromatic carbocycles. The molecule has 0 saturated carbocycles. The number of carbonyl (C=O) groups is 1. The number of hydrogen-bond acceptors (Lipinski definition) is 5. The predicted molar refractivity (Wildman–Crippen MR) is 117 cm³/mol. The highest BCUT2D eigenvalue weighted by Crippen LogP contribution is 2.23. The van der Waals surface area contributed by atoms with Gasteiger partial charge in [0, 0.05) is 36.1 Å². The van der Waals surface area contributed by atoms with E-state index in [2.05, 4.69) is 25.5 Å². The summed E-state index contributed by atoms with van der Waals surface area (Å²) in [6.07, 6.45) is 3.66. The second kappa shape index (κ2) is 8.90. The van der Waals surface area contributed by atoms with Gasteiger partial charge in [0.1, 0.15) is 23.3 Å². The molecule has 3 aromatic rings. The fourth-order valence-corrected chi connectivity index (χ4v) is 3.49. The van der Waals surface area contributed by atoms with Crippen molar-refractivity contribution in [1.29, 1.82) is 0 Å². The Balaban J connectivity index is 1.42. The number of aromatic nitrogens is 2. The van der Waals surface area contributed by atoms with E-state index in [4.69, 9.17) is 0 Å². The highest BCUT2D eigenvalue weighted by Gasteiger charge is 2.14. The molecule has 154 valence electrons. The molecule has 0 radical (unpaired) electrons. The first-order chi connectivity index (χ1) is 14.6. The van der Waals surface area contributed by atoms with Crippen LogP contribution >= 0.6 is 0 Å². The Kier molecular flexibility index (Phi) is 5.88. The van der Waals surface area contributed by atoms with E-state index in [0.29, 0.717) is 11.3 Å². The van der Waals surface area contributed by atoms with E-state index in [1.165, 1.54) is 43.5 Å². The standard InChI is InChI=1S/C23H24FN5O/c1-16-25-21(15-22(26-16)29-13-3-2-4-14-29)27-19-9-11-20(12-10-19)28-23(30)17-5-7-18(24)8-6-17/h5-12,15H,2-4,13-14H2,1H3,(H,28,30)(H,25,26,27). The lowest BCUT2D eigenvalue weighted by molar-refractivity contribution is 0.102. The Bertz CT molecular complexity index is 1010. The van der Waals surface area contributed by atoms with Crippen molar-refractivity contribution < 1.29 is 9.18 Å². The van der Waals surface area contributed by atoms with Crippen LogP contribution in [0.1, 0.15) is 35.4 Å². The van der Waals surface area contributed by atoms with Gasteiger partial charge in [0.25, 0.3) is 5.91 Å². The molecule has 0 aliphatic carbocycles. The number of hydrogen-bond donors (Lipinski definition) is 2. The molecule has 0 unspecified atom stereocenters. The first-order valence-corrected chi connectivity index (χ1v) is 10.1. The van der Waals surface area contributed by atoms with Gasteiger partial charge in [-0.05, 0) is 74.7 Å². The number of halogens is 1. The van der Waals surface area contributed by atoms with E-state index < -0.39 is 0 Å². The molecule has 2 heterocycles. The summed E-state index contributed by atoms with van der Waals surface area (Å²) < 4.78 is 13.0. The third-order valence-electron chi connectivity index (χ3n) is 5.03. The van der Waals surface area contributed by atoms with Gasteiger partial charge in [0.15, 0.2) is 0 Å². The van der Waals surface area contributed by atoms with Crippen LogP contribution in [0.25, 0.3) is 0 Å². The highest BCUT2D eigenvalue weighted by atomic mass is 19.1. The Morgan fingerprint density at radius 1 is 0.933 bits per heavy atom. The maximum atomic E-state index is 13.0. The van der Waals surface area contributed by atoms with Crippen molar-refractivity contribution in [2.45, 2.75) is 26.2 Å². The molecule has 0 bridgehead atoms. The number of nitrogens with zero attached hydrogens (tertiary/aromatic N) is 3. The van der Waals surface area contributed by atoms with Gasteiger partial charge >= 0.3 is 0 Å². The van der Waals surface area contributed by atoms with Gasteiger partial charge in [-0.3, -0.25) is 4.79 Å². The highest BCUT2D eigenvalue weighted by molar-refractivity contribution is 6.04. The molecule has 1 fully saturated rings. The molecule has 1 aromatic heterocycles. The average Bonchev–Trinajstić information content (AvgIpc) is 2.76. The molecule has 7 heteroatoms. The van der Waals surface area contributed by atoms with Crippen molar-refractivity contribution in [3.8, 4) is 0 Å². The molecular weight excluding hydrogens is 381 g/mol. The number of amides is 1. The lowest BCUT2D eigenvalue weighted by Gasteiger charge is -2.28. The van der Waals surface area contributed by atoms with Crippen molar-refractivity contribution in [3.05, 3.63) is 71.8 Å². The number of piperidine rings is 1. The van der Waals surface area contributed by atoms with Crippen molar-refractivity contribution >= 4 is 28.9 Å². The summed E-state index contributed by atoms with van der Waals surface area (Å²) in [5.41, 5.74) is 1.92. The zero-order chi connectivity index (χ0) is 20.9. The molecular formula is C23H24FN5O. The summed E-state index contributed by atoms with van der Waals surface area (Å²) in [7, 11) is 0. The number of carbonyl (C=O) groups excluding carboxylic acids is 1. The van der Waals surface area contributed by atoms with Crippen LogP contribution < -0.4 is 15.5 Å². The first-order valence-electron chi connectivity index (χ1n) is 10.1. The van der Waals surface area contributed by atoms with Gasteiger partial charge in [-0.15, -0.1) is 0 Å². The maximum Gasteiger partial charge on any atom is 0.255 e. The lowest BCUT2D eigenvalue weighted by Crippen LogP contribution is -2.30. The molecule has 1 aliphatic rings. The van der Waals surface area contributed by atoms with E-state index in [9.17, 15) is 9.18 Å². The van der Waals surface area contributed by atoms with E-state index >= 15 is 0 Å². The molecule has 1 saturated heterocycles. The largest absolute Gasteiger partial charge is 0.356 e. The molecule has 1 amide bonds. The topological polar surface area (TPSA) is 70.2 Å². The third kappa shape index (κ3) is 4.92. The van der Waals surface area contributed by atoms with E-state index in [1.807, 2.05) is 37.3 Å². The van der Waals surface area contributed by atoms with Gasteiger partial charge in [-0.25, -0.2) is 14.4 Å². The van der Waals surface area contributed by atoms with Crippen LogP contribution in [0.15, 0.2) is 54.6 Å². The van der Waals surface area contributed by atoms with Crippen molar-refractivity contribution in [3.63, 3.8) is 0 Å². The number of anilines is 4. The maximum absolute atomic E-state index is 13.0. The average molecular weight is 405 g/mol. The Labute approximate surface area is 175 Å². The molecule has 2 N–H and O–H groups in total. The van der Waals surface area contributed by atoms with Crippen LogP contribution in [0.2, 0.25) is 0 Å². The van der Waals surface area contributed by atoms with Crippen molar-refractivity contribution in [2.24, 2.45) is 0 Å². The summed E-state index contributed by atoms with van der Waals surface area (Å²) >= 11 is 0. The number of rotatable bonds is 5. The molecule has 0 spiro atoms. The molecule has 6 nitrogen and oxygen atoms in total. The molecule has 1 aliphatic heterocycles. The lowest BCUT2D eigenvalue weighted by atomic mass is 10.1. The number of aryl methyl sites for hydroxylation is 1. The minimum Gasteiger partial charge on any atom is -0.356 e. The minimum absolute atomic E-state index is 0.284. The second-order valence-corrected chi connectivity index (χ2v) is 7.37. The van der Waals surface area contributed by atoms with E-state index in [1.54, 1.807) is 0 Å². The van der Waals surface area contributed by atoms with Gasteiger partial charge in [0.2, 0.25) is 0 Å². The Morgan fingerprint density at radius 2 is 1.60 bits per heavy atom. The third-order valence-corrected chi connectivity index (χ3v) is 5.03. The molecule has 0 atom stereocenters. The normalized spacial score (nSPS) is 13.7. The summed E-state index contributed by atoms with van der Waals surface area (Å²) in [5.74, 6) is 1.77. The van der Waals surface area contributed by atoms with Gasteiger partial charge in [0.05, 0.1) is 0 Å². The number of nitrogens with one attached hydrogen (secondary N) is 2. The Hall–Kier alpha value is -3.48. The first kappa shape index (κ1) is 19.8. The zero-order valence-corrected chi connectivity index (χ0v) is 16.9. The van der Waals surface area contributed by atoms with Gasteiger partial charge in [-0.2, -0.15) is 0 Å². The van der Waals surface area contributed by atoms with Crippen LogP contribution in [0.3, 0.4) is 0 Å². The molecule has 4 rings (SSSR count). The fraction of sp³-hybridized carbons (Fsp3) is 0.261. The summed E-state index contributed by atoms with van der Waals surface area (Å²) in [6.45, 7) is 3.95. The minimum atomic E-state index is -0.370. The molecule has 30 heavy (non-hydrogen) atoms. The van der Waals surface area contributed by atoms with Gasteiger partial charge < -0.3 is 15.5 Å². The van der Waals surface area contributed by atoms with Crippen molar-refractivity contribution in [1.82, 2.24) is 9.97 Å². The van der Waals surface area contributed by atoms with E-state index in [0.717, 1.165) is 36.2 Å². The fourth-order valence-electron chi connectivity index (χ4n) is 3.49. The predicted octanol–water partition coefficient (Wildman–Crippen LogP) is 4.91. The van der Waals surface area contributed by atoms with Crippen LogP contribution in [0, 0.1) is 12.7 Å². The van der Waals surface area contributed by atoms with Crippen LogP contribution in [-0.4, -0.2) is 29.0 Å². The van der Waals surface area contributed by atoms with Gasteiger partial charge in [-0.1, -0.05) is 0 Å². The smallest absolute Gasteiger partial charge is 0.255 e. The van der Waals surface area contributed by atoms with Crippen LogP contribution in [0.4, 0.5) is 27.4 Å².